The Labute approximate surface area is 174 Å². The highest BCUT2D eigenvalue weighted by atomic mass is 16.5. The highest BCUT2D eigenvalue weighted by Crippen LogP contribution is 2.30. The average Bonchev–Trinajstić information content (AvgIpc) is 2.74. The molecule has 0 bridgehead atoms. The van der Waals surface area contributed by atoms with Crippen LogP contribution in [0.25, 0.3) is 11.6 Å². The topological polar surface area (TPSA) is 35.5 Å². The maximum Gasteiger partial charge on any atom is 0.330 e. The van der Waals surface area contributed by atoms with E-state index in [0.29, 0.717) is 13.2 Å². The number of fused-ring (bicyclic) bond motifs is 1. The van der Waals surface area contributed by atoms with Crippen LogP contribution in [0, 0.1) is 0 Å². The Morgan fingerprint density at radius 3 is 2.59 bits per heavy atom. The summed E-state index contributed by atoms with van der Waals surface area (Å²) in [7, 11) is 0. The van der Waals surface area contributed by atoms with Gasteiger partial charge >= 0.3 is 5.97 Å². The summed E-state index contributed by atoms with van der Waals surface area (Å²) in [6.45, 7) is 4.51. The molecular formula is C26H30O3. The van der Waals surface area contributed by atoms with E-state index in [4.69, 9.17) is 9.47 Å². The summed E-state index contributed by atoms with van der Waals surface area (Å²) in [4.78, 5) is 11.0. The number of rotatable bonds is 9. The smallest absolute Gasteiger partial charge is 0.330 e. The molecule has 0 amide bonds. The van der Waals surface area contributed by atoms with E-state index in [1.165, 1.54) is 41.2 Å². The largest absolute Gasteiger partial charge is 0.494 e. The predicted molar refractivity (Wildman–Crippen MR) is 119 cm³/mol. The van der Waals surface area contributed by atoms with Gasteiger partial charge in [0.2, 0.25) is 0 Å². The van der Waals surface area contributed by atoms with E-state index in [-0.39, 0.29) is 5.97 Å². The molecule has 0 aromatic heterocycles. The summed E-state index contributed by atoms with van der Waals surface area (Å²) in [6.07, 6.45) is 10.9. The number of hydrogen-bond acceptors (Lipinski definition) is 3. The zero-order valence-corrected chi connectivity index (χ0v) is 17.1. The van der Waals surface area contributed by atoms with Gasteiger partial charge in [-0.2, -0.15) is 0 Å². The van der Waals surface area contributed by atoms with Crippen molar-refractivity contribution in [1.82, 2.24) is 0 Å². The van der Waals surface area contributed by atoms with Crippen LogP contribution in [-0.2, 0) is 16.0 Å². The Bertz CT molecular complexity index is 836. The Morgan fingerprint density at radius 2 is 1.76 bits per heavy atom. The van der Waals surface area contributed by atoms with Crippen LogP contribution in [0.1, 0.15) is 55.2 Å². The average molecular weight is 391 g/mol. The lowest BCUT2D eigenvalue weighted by Gasteiger charge is -2.16. The number of unbranched alkanes of at least 4 members (excludes halogenated alkanes) is 2. The van der Waals surface area contributed by atoms with E-state index < -0.39 is 0 Å². The standard InChI is InChI=1S/C26H30O3/c1-2-26(27)29-18-10-4-9-17-28-25-16-15-24-19-22(21-11-5-3-6-12-21)13-7-8-14-23(24)20-25/h2-3,5-6,11-12,15-16,19-20H,1,4,7-10,13-14,17-18H2/b22-19+. The summed E-state index contributed by atoms with van der Waals surface area (Å²) in [6, 6.07) is 17.1. The third-order valence-electron chi connectivity index (χ3n) is 5.20. The molecule has 1 aliphatic carbocycles. The molecular weight excluding hydrogens is 360 g/mol. The fourth-order valence-electron chi connectivity index (χ4n) is 3.60. The van der Waals surface area contributed by atoms with Crippen molar-refractivity contribution in [3.05, 3.63) is 77.9 Å². The predicted octanol–water partition coefficient (Wildman–Crippen LogP) is 6.23. The first-order valence-electron chi connectivity index (χ1n) is 10.6. The molecule has 0 saturated heterocycles. The number of carbonyl (C=O) groups excluding carboxylic acids is 1. The maximum atomic E-state index is 11.0. The van der Waals surface area contributed by atoms with E-state index in [1.54, 1.807) is 0 Å². The van der Waals surface area contributed by atoms with Crippen LogP contribution in [0.4, 0.5) is 0 Å². The molecule has 1 aliphatic rings. The number of benzene rings is 2. The quantitative estimate of drug-likeness (QED) is 0.289. The van der Waals surface area contributed by atoms with Crippen LogP contribution in [0.5, 0.6) is 5.75 Å². The van der Waals surface area contributed by atoms with Crippen molar-refractivity contribution < 1.29 is 14.3 Å². The van der Waals surface area contributed by atoms with E-state index in [1.807, 2.05) is 0 Å². The normalized spacial score (nSPS) is 15.2. The first-order valence-corrected chi connectivity index (χ1v) is 10.6. The van der Waals surface area contributed by atoms with Crippen LogP contribution < -0.4 is 4.74 Å². The molecule has 2 aromatic rings. The summed E-state index contributed by atoms with van der Waals surface area (Å²) in [5.41, 5.74) is 5.41. The molecule has 152 valence electrons. The fourth-order valence-corrected chi connectivity index (χ4v) is 3.60. The van der Waals surface area contributed by atoms with Crippen molar-refractivity contribution >= 4 is 17.6 Å². The second-order valence-electron chi connectivity index (χ2n) is 7.38. The van der Waals surface area contributed by atoms with Gasteiger partial charge in [-0.3, -0.25) is 0 Å². The fraction of sp³-hybridized carbons (Fsp3) is 0.346. The Hall–Kier alpha value is -2.81. The van der Waals surface area contributed by atoms with Crippen molar-refractivity contribution in [1.29, 1.82) is 0 Å². The molecule has 0 heterocycles. The van der Waals surface area contributed by atoms with E-state index in [0.717, 1.165) is 37.9 Å². The molecule has 0 saturated carbocycles. The van der Waals surface area contributed by atoms with Gasteiger partial charge in [0, 0.05) is 6.08 Å². The van der Waals surface area contributed by atoms with Gasteiger partial charge in [-0.05, 0) is 79.3 Å². The van der Waals surface area contributed by atoms with Gasteiger partial charge in [0.15, 0.2) is 0 Å². The zero-order valence-electron chi connectivity index (χ0n) is 17.1. The van der Waals surface area contributed by atoms with Crippen molar-refractivity contribution in [2.75, 3.05) is 13.2 Å². The molecule has 3 rings (SSSR count). The van der Waals surface area contributed by atoms with Crippen LogP contribution in [0.2, 0.25) is 0 Å². The summed E-state index contributed by atoms with van der Waals surface area (Å²) < 4.78 is 10.9. The van der Waals surface area contributed by atoms with Gasteiger partial charge in [-0.15, -0.1) is 0 Å². The van der Waals surface area contributed by atoms with E-state index in [9.17, 15) is 4.79 Å². The Kier molecular flexibility index (Phi) is 8.12. The molecule has 0 unspecified atom stereocenters. The molecule has 0 spiro atoms. The Balaban J connectivity index is 1.54. The third-order valence-corrected chi connectivity index (χ3v) is 5.20. The third kappa shape index (κ3) is 6.63. The highest BCUT2D eigenvalue weighted by molar-refractivity contribution is 5.82. The van der Waals surface area contributed by atoms with Gasteiger partial charge in [0.1, 0.15) is 5.75 Å². The molecule has 0 atom stereocenters. The summed E-state index contributed by atoms with van der Waals surface area (Å²) >= 11 is 0. The monoisotopic (exact) mass is 390 g/mol. The van der Waals surface area contributed by atoms with E-state index >= 15 is 0 Å². The molecule has 2 aromatic carbocycles. The van der Waals surface area contributed by atoms with Crippen molar-refractivity contribution in [2.24, 2.45) is 0 Å². The van der Waals surface area contributed by atoms with Crippen LogP contribution in [0.15, 0.2) is 61.2 Å². The lowest BCUT2D eigenvalue weighted by molar-refractivity contribution is -0.137. The molecule has 0 fully saturated rings. The van der Waals surface area contributed by atoms with Gasteiger partial charge in [-0.25, -0.2) is 4.79 Å². The van der Waals surface area contributed by atoms with Crippen LogP contribution in [-0.4, -0.2) is 19.2 Å². The van der Waals surface area contributed by atoms with Crippen LogP contribution >= 0.6 is 0 Å². The van der Waals surface area contributed by atoms with Gasteiger partial charge in [0.05, 0.1) is 13.2 Å². The number of allylic oxidation sites excluding steroid dienone is 1. The lowest BCUT2D eigenvalue weighted by Crippen LogP contribution is -2.03. The van der Waals surface area contributed by atoms with Gasteiger partial charge in [-0.1, -0.05) is 49.1 Å². The SMILES string of the molecule is C=CC(=O)OCCCCCOc1ccc2c(c1)CCCC/C(c1ccccc1)=C\2. The molecule has 3 nitrogen and oxygen atoms in total. The molecule has 0 radical (unpaired) electrons. The number of carbonyl (C=O) groups is 1. The minimum atomic E-state index is -0.355. The number of esters is 1. The minimum absolute atomic E-state index is 0.355. The van der Waals surface area contributed by atoms with Gasteiger partial charge < -0.3 is 9.47 Å². The second-order valence-corrected chi connectivity index (χ2v) is 7.38. The Morgan fingerprint density at radius 1 is 0.966 bits per heavy atom. The number of hydrogen-bond donors (Lipinski definition) is 0. The highest BCUT2D eigenvalue weighted by Gasteiger charge is 2.10. The van der Waals surface area contributed by atoms with Crippen molar-refractivity contribution in [2.45, 2.75) is 44.9 Å². The lowest BCUT2D eigenvalue weighted by atomic mass is 9.91. The maximum absolute atomic E-state index is 11.0. The van der Waals surface area contributed by atoms with Gasteiger partial charge in [0.25, 0.3) is 0 Å². The van der Waals surface area contributed by atoms with Crippen LogP contribution in [0.3, 0.4) is 0 Å². The first kappa shape index (κ1) is 20.9. The minimum Gasteiger partial charge on any atom is -0.494 e. The summed E-state index contributed by atoms with van der Waals surface area (Å²) in [5, 5.41) is 0. The first-order chi connectivity index (χ1) is 14.3. The molecule has 0 N–H and O–H groups in total. The number of ether oxygens (including phenoxy) is 2. The zero-order chi connectivity index (χ0) is 20.3. The summed E-state index contributed by atoms with van der Waals surface area (Å²) in [5.74, 6) is 0.587. The van der Waals surface area contributed by atoms with Crippen molar-refractivity contribution in [3.8, 4) is 5.75 Å². The van der Waals surface area contributed by atoms with E-state index in [2.05, 4.69) is 61.2 Å². The number of aryl methyl sites for hydroxylation is 1. The second kappa shape index (κ2) is 11.3. The molecule has 3 heteroatoms. The molecule has 0 aliphatic heterocycles. The van der Waals surface area contributed by atoms with Crippen molar-refractivity contribution in [3.63, 3.8) is 0 Å². The molecule has 29 heavy (non-hydrogen) atoms.